The lowest BCUT2D eigenvalue weighted by Gasteiger charge is -2.07. The van der Waals surface area contributed by atoms with Crippen molar-refractivity contribution in [3.63, 3.8) is 0 Å². The molecular weight excluding hydrogens is 361 g/mol. The fraction of sp³-hybridized carbons (Fsp3) is 0.0455. The molecule has 1 aliphatic heterocycles. The molecule has 0 saturated heterocycles. The highest BCUT2D eigenvalue weighted by molar-refractivity contribution is 6.15. The van der Waals surface area contributed by atoms with Gasteiger partial charge in [-0.25, -0.2) is 9.18 Å². The Morgan fingerprint density at radius 1 is 1.18 bits per heavy atom. The van der Waals surface area contributed by atoms with Crippen molar-refractivity contribution in [3.8, 4) is 11.5 Å². The first kappa shape index (κ1) is 17.6. The molecule has 0 saturated carbocycles. The third kappa shape index (κ3) is 3.27. The van der Waals surface area contributed by atoms with Gasteiger partial charge in [-0.2, -0.15) is 0 Å². The molecule has 5 nitrogen and oxygen atoms in total. The van der Waals surface area contributed by atoms with E-state index in [0.29, 0.717) is 16.7 Å². The standard InChI is InChI=1S/C22H14FNO4/c1-13-9-16(27-22(26)15-6-4-8-24-12-15)11-18-20(13)21(25)19(28-18)10-14-5-2-3-7-17(14)23/h2-12H,1H3/b19-10-. The van der Waals surface area contributed by atoms with Crippen LogP contribution in [0.5, 0.6) is 11.5 Å². The van der Waals surface area contributed by atoms with E-state index in [4.69, 9.17) is 9.47 Å². The maximum Gasteiger partial charge on any atom is 0.345 e. The molecule has 0 bridgehead atoms. The Morgan fingerprint density at radius 2 is 2.00 bits per heavy atom. The highest BCUT2D eigenvalue weighted by atomic mass is 19.1. The summed E-state index contributed by atoms with van der Waals surface area (Å²) in [7, 11) is 0. The molecule has 0 fully saturated rings. The maximum absolute atomic E-state index is 13.9. The number of ether oxygens (including phenoxy) is 2. The van der Waals surface area contributed by atoms with Crippen molar-refractivity contribution >= 4 is 17.8 Å². The quantitative estimate of drug-likeness (QED) is 0.386. The number of ketones is 1. The monoisotopic (exact) mass is 375 g/mol. The largest absolute Gasteiger partial charge is 0.452 e. The number of pyridine rings is 1. The van der Waals surface area contributed by atoms with Gasteiger partial charge in [-0.3, -0.25) is 9.78 Å². The third-order valence-electron chi connectivity index (χ3n) is 4.24. The summed E-state index contributed by atoms with van der Waals surface area (Å²) in [5.41, 5.74) is 1.51. The summed E-state index contributed by atoms with van der Waals surface area (Å²) in [6.45, 7) is 1.72. The smallest absolute Gasteiger partial charge is 0.345 e. The van der Waals surface area contributed by atoms with Crippen LogP contribution in [0.2, 0.25) is 0 Å². The second-order valence-corrected chi connectivity index (χ2v) is 6.21. The summed E-state index contributed by atoms with van der Waals surface area (Å²) in [4.78, 5) is 28.7. The SMILES string of the molecule is Cc1cc(OC(=O)c2cccnc2)cc2c1C(=O)/C(=C/c1ccccc1F)O2. The molecule has 138 valence electrons. The molecule has 0 spiro atoms. The van der Waals surface area contributed by atoms with Crippen LogP contribution in [0.15, 0.2) is 66.7 Å². The van der Waals surface area contributed by atoms with Crippen LogP contribution in [0.4, 0.5) is 4.39 Å². The number of benzene rings is 2. The number of allylic oxidation sites excluding steroid dienone is 1. The molecule has 0 unspecified atom stereocenters. The summed E-state index contributed by atoms with van der Waals surface area (Å²) >= 11 is 0. The molecule has 1 aliphatic rings. The van der Waals surface area contributed by atoms with E-state index in [1.165, 1.54) is 24.4 Å². The number of rotatable bonds is 3. The maximum atomic E-state index is 13.9. The zero-order chi connectivity index (χ0) is 19.7. The van der Waals surface area contributed by atoms with Crippen LogP contribution in [-0.4, -0.2) is 16.7 Å². The number of hydrogen-bond acceptors (Lipinski definition) is 5. The Kier molecular flexibility index (Phi) is 4.45. The Labute approximate surface area is 160 Å². The molecule has 0 amide bonds. The third-order valence-corrected chi connectivity index (χ3v) is 4.24. The first-order chi connectivity index (χ1) is 13.5. The van der Waals surface area contributed by atoms with E-state index in [-0.39, 0.29) is 28.6 Å². The minimum Gasteiger partial charge on any atom is -0.452 e. The van der Waals surface area contributed by atoms with Gasteiger partial charge in [-0.05, 0) is 42.8 Å². The van der Waals surface area contributed by atoms with Crippen molar-refractivity contribution in [2.45, 2.75) is 6.92 Å². The van der Waals surface area contributed by atoms with Gasteiger partial charge in [0.05, 0.1) is 11.1 Å². The second kappa shape index (κ2) is 7.08. The highest BCUT2D eigenvalue weighted by Crippen LogP contribution is 2.37. The van der Waals surface area contributed by atoms with Crippen LogP contribution in [0.25, 0.3) is 6.08 Å². The van der Waals surface area contributed by atoms with Crippen molar-refractivity contribution in [2.75, 3.05) is 0 Å². The number of carbonyl (C=O) groups is 2. The lowest BCUT2D eigenvalue weighted by molar-refractivity contribution is 0.0734. The number of nitrogens with zero attached hydrogens (tertiary/aromatic N) is 1. The van der Waals surface area contributed by atoms with Gasteiger partial charge in [0.25, 0.3) is 0 Å². The van der Waals surface area contributed by atoms with E-state index < -0.39 is 11.8 Å². The van der Waals surface area contributed by atoms with Gasteiger partial charge < -0.3 is 9.47 Å². The normalized spacial score (nSPS) is 13.9. The van der Waals surface area contributed by atoms with Crippen LogP contribution in [0.3, 0.4) is 0 Å². The van der Waals surface area contributed by atoms with Crippen LogP contribution < -0.4 is 9.47 Å². The van der Waals surface area contributed by atoms with Gasteiger partial charge in [0.15, 0.2) is 5.76 Å². The molecule has 2 aromatic carbocycles. The van der Waals surface area contributed by atoms with Gasteiger partial charge in [-0.15, -0.1) is 0 Å². The second-order valence-electron chi connectivity index (χ2n) is 6.21. The van der Waals surface area contributed by atoms with Crippen LogP contribution in [0, 0.1) is 12.7 Å². The van der Waals surface area contributed by atoms with E-state index in [2.05, 4.69) is 4.98 Å². The van der Waals surface area contributed by atoms with E-state index in [1.807, 2.05) is 0 Å². The number of halogens is 1. The number of hydrogen-bond donors (Lipinski definition) is 0. The molecule has 0 aliphatic carbocycles. The molecule has 0 radical (unpaired) electrons. The molecule has 4 rings (SSSR count). The number of aryl methyl sites for hydroxylation is 1. The zero-order valence-corrected chi connectivity index (χ0v) is 14.8. The van der Waals surface area contributed by atoms with Gasteiger partial charge >= 0.3 is 5.97 Å². The van der Waals surface area contributed by atoms with E-state index >= 15 is 0 Å². The summed E-state index contributed by atoms with van der Waals surface area (Å²) in [6, 6.07) is 12.4. The van der Waals surface area contributed by atoms with E-state index in [9.17, 15) is 14.0 Å². The topological polar surface area (TPSA) is 65.5 Å². The molecule has 2 heterocycles. The predicted octanol–water partition coefficient (Wildman–Crippen LogP) is 4.36. The molecule has 1 aromatic heterocycles. The highest BCUT2D eigenvalue weighted by Gasteiger charge is 2.30. The first-order valence-electron chi connectivity index (χ1n) is 8.48. The Morgan fingerprint density at radius 3 is 2.75 bits per heavy atom. The summed E-state index contributed by atoms with van der Waals surface area (Å²) in [6.07, 6.45) is 4.31. The van der Waals surface area contributed by atoms with E-state index in [0.717, 1.165) is 0 Å². The Hall–Kier alpha value is -3.80. The molecule has 28 heavy (non-hydrogen) atoms. The van der Waals surface area contributed by atoms with Crippen LogP contribution in [-0.2, 0) is 0 Å². The Balaban J connectivity index is 1.63. The summed E-state index contributed by atoms with van der Waals surface area (Å²) in [5, 5.41) is 0. The number of aromatic nitrogens is 1. The predicted molar refractivity (Wildman–Crippen MR) is 99.7 cm³/mol. The summed E-state index contributed by atoms with van der Waals surface area (Å²) < 4.78 is 24.9. The average Bonchev–Trinajstić information content (AvgIpc) is 3.00. The first-order valence-corrected chi connectivity index (χ1v) is 8.48. The van der Waals surface area contributed by atoms with Crippen molar-refractivity contribution in [3.05, 3.63) is 94.8 Å². The van der Waals surface area contributed by atoms with Crippen molar-refractivity contribution < 1.29 is 23.5 Å². The van der Waals surface area contributed by atoms with Gasteiger partial charge in [0, 0.05) is 24.0 Å². The number of Topliss-reactive ketones (excluding diaryl/α,β-unsaturated/α-hetero) is 1. The van der Waals surface area contributed by atoms with Crippen LogP contribution in [0.1, 0.15) is 31.8 Å². The molecule has 6 heteroatoms. The zero-order valence-electron chi connectivity index (χ0n) is 14.8. The fourth-order valence-corrected chi connectivity index (χ4v) is 2.92. The lowest BCUT2D eigenvalue weighted by Crippen LogP contribution is -2.09. The van der Waals surface area contributed by atoms with Gasteiger partial charge in [0.1, 0.15) is 17.3 Å². The van der Waals surface area contributed by atoms with Crippen LogP contribution >= 0.6 is 0 Å². The molecule has 0 atom stereocenters. The molecular formula is C22H14FNO4. The van der Waals surface area contributed by atoms with Crippen molar-refractivity contribution in [1.29, 1.82) is 0 Å². The minimum atomic E-state index is -0.570. The minimum absolute atomic E-state index is 0.0129. The van der Waals surface area contributed by atoms with Crippen molar-refractivity contribution in [1.82, 2.24) is 4.98 Å². The number of fused-ring (bicyclic) bond motifs is 1. The summed E-state index contributed by atoms with van der Waals surface area (Å²) in [5.74, 6) is -0.851. The lowest BCUT2D eigenvalue weighted by atomic mass is 10.0. The molecule has 0 N–H and O–H groups in total. The Bertz CT molecular complexity index is 1120. The molecule has 3 aromatic rings. The van der Waals surface area contributed by atoms with Crippen molar-refractivity contribution in [2.24, 2.45) is 0 Å². The van der Waals surface area contributed by atoms with E-state index in [1.54, 1.807) is 49.5 Å². The number of esters is 1. The number of carbonyl (C=O) groups excluding carboxylic acids is 2. The fourth-order valence-electron chi connectivity index (χ4n) is 2.92. The van der Waals surface area contributed by atoms with Gasteiger partial charge in [-0.1, -0.05) is 18.2 Å². The average molecular weight is 375 g/mol. The van der Waals surface area contributed by atoms with Gasteiger partial charge in [0.2, 0.25) is 5.78 Å².